The van der Waals surface area contributed by atoms with E-state index in [-0.39, 0.29) is 18.9 Å². The largest absolute Gasteiger partial charge is 0.466 e. The lowest BCUT2D eigenvalue weighted by Crippen LogP contribution is -2.33. The Morgan fingerprint density at radius 2 is 1.52 bits per heavy atom. The van der Waals surface area contributed by atoms with Crippen LogP contribution in [0.4, 0.5) is 4.39 Å². The lowest BCUT2D eigenvalue weighted by molar-refractivity contribution is -0.208. The van der Waals surface area contributed by atoms with Gasteiger partial charge in [-0.15, -0.1) is 0 Å². The van der Waals surface area contributed by atoms with Crippen LogP contribution in [-0.2, 0) is 19.0 Å². The third-order valence-corrected chi connectivity index (χ3v) is 5.16. The summed E-state index contributed by atoms with van der Waals surface area (Å²) in [6, 6.07) is 0. The van der Waals surface area contributed by atoms with Crippen LogP contribution in [0.5, 0.6) is 0 Å². The number of rotatable bonds is 8. The van der Waals surface area contributed by atoms with Crippen LogP contribution < -0.4 is 0 Å². The first-order chi connectivity index (χ1) is 11.2. The van der Waals surface area contributed by atoms with Crippen molar-refractivity contribution in [1.82, 2.24) is 0 Å². The molecule has 0 unspecified atom stereocenters. The van der Waals surface area contributed by atoms with Gasteiger partial charge in [-0.05, 0) is 24.7 Å². The highest BCUT2D eigenvalue weighted by molar-refractivity contribution is 5.65. The fourth-order valence-corrected chi connectivity index (χ4v) is 3.65. The van der Waals surface area contributed by atoms with Gasteiger partial charge in [-0.3, -0.25) is 9.18 Å². The zero-order chi connectivity index (χ0) is 16.5. The van der Waals surface area contributed by atoms with Gasteiger partial charge < -0.3 is 14.2 Å². The van der Waals surface area contributed by atoms with Crippen molar-refractivity contribution in [3.8, 4) is 0 Å². The van der Waals surface area contributed by atoms with Gasteiger partial charge in [-0.1, -0.05) is 32.1 Å². The summed E-state index contributed by atoms with van der Waals surface area (Å²) < 4.78 is 28.7. The molecule has 1 saturated heterocycles. The maximum Gasteiger partial charge on any atom is 0.302 e. The zero-order valence-electron chi connectivity index (χ0n) is 14.3. The van der Waals surface area contributed by atoms with Crippen LogP contribution in [0.2, 0.25) is 0 Å². The van der Waals surface area contributed by atoms with Gasteiger partial charge in [0.1, 0.15) is 0 Å². The molecule has 4 nitrogen and oxygen atoms in total. The molecular weight excluding hydrogens is 299 g/mol. The van der Waals surface area contributed by atoms with Gasteiger partial charge in [0.25, 0.3) is 0 Å². The van der Waals surface area contributed by atoms with Crippen LogP contribution in [0.1, 0.15) is 58.3 Å². The van der Waals surface area contributed by atoms with E-state index in [0.29, 0.717) is 24.9 Å². The molecule has 0 bridgehead atoms. The molecule has 1 aliphatic heterocycles. The van der Waals surface area contributed by atoms with Crippen molar-refractivity contribution in [3.05, 3.63) is 0 Å². The van der Waals surface area contributed by atoms with E-state index in [1.54, 1.807) is 0 Å². The average Bonchev–Trinajstić information content (AvgIpc) is 2.55. The van der Waals surface area contributed by atoms with Crippen LogP contribution in [0.3, 0.4) is 0 Å². The number of ether oxygens (including phenoxy) is 3. The number of hydrogen-bond donors (Lipinski definition) is 0. The smallest absolute Gasteiger partial charge is 0.302 e. The summed E-state index contributed by atoms with van der Waals surface area (Å²) in [5.74, 6) is 1.63. The SMILES string of the molecule is CC(=O)OCCC1OCC(CCC2CCC(CCF)CC2)CO1. The van der Waals surface area contributed by atoms with Gasteiger partial charge in [-0.2, -0.15) is 0 Å². The van der Waals surface area contributed by atoms with Gasteiger partial charge in [0.15, 0.2) is 6.29 Å². The van der Waals surface area contributed by atoms with Gasteiger partial charge in [0.2, 0.25) is 0 Å². The zero-order valence-corrected chi connectivity index (χ0v) is 14.3. The third kappa shape index (κ3) is 7.17. The predicted molar refractivity (Wildman–Crippen MR) is 85.7 cm³/mol. The Balaban J connectivity index is 1.52. The van der Waals surface area contributed by atoms with Gasteiger partial charge >= 0.3 is 5.97 Å². The molecule has 0 spiro atoms. The highest BCUT2D eigenvalue weighted by Crippen LogP contribution is 2.34. The molecule has 2 aliphatic rings. The van der Waals surface area contributed by atoms with E-state index in [1.165, 1.54) is 39.0 Å². The van der Waals surface area contributed by atoms with Crippen molar-refractivity contribution in [1.29, 1.82) is 0 Å². The number of halogens is 1. The maximum atomic E-state index is 12.4. The number of carbonyl (C=O) groups is 1. The van der Waals surface area contributed by atoms with E-state index >= 15 is 0 Å². The molecule has 0 aromatic heterocycles. The number of esters is 1. The Morgan fingerprint density at radius 1 is 0.957 bits per heavy atom. The highest BCUT2D eigenvalue weighted by atomic mass is 19.1. The van der Waals surface area contributed by atoms with E-state index in [4.69, 9.17) is 14.2 Å². The lowest BCUT2D eigenvalue weighted by atomic mass is 9.78. The minimum Gasteiger partial charge on any atom is -0.466 e. The molecule has 1 aliphatic carbocycles. The first-order valence-corrected chi connectivity index (χ1v) is 9.10. The molecule has 0 radical (unpaired) electrons. The number of hydrogen-bond acceptors (Lipinski definition) is 4. The summed E-state index contributed by atoms with van der Waals surface area (Å²) in [5, 5.41) is 0. The Kier molecular flexibility index (Phi) is 8.31. The molecule has 2 fully saturated rings. The summed E-state index contributed by atoms with van der Waals surface area (Å²) in [6.07, 6.45) is 8.41. The van der Waals surface area contributed by atoms with Crippen LogP contribution >= 0.6 is 0 Å². The first kappa shape index (κ1) is 18.7. The normalized spacial score (nSPS) is 31.7. The van der Waals surface area contributed by atoms with E-state index in [9.17, 15) is 9.18 Å². The van der Waals surface area contributed by atoms with Crippen LogP contribution in [0, 0.1) is 17.8 Å². The van der Waals surface area contributed by atoms with E-state index in [2.05, 4.69) is 0 Å². The molecule has 5 heteroatoms. The van der Waals surface area contributed by atoms with E-state index in [1.807, 2.05) is 0 Å². The van der Waals surface area contributed by atoms with Crippen LogP contribution in [0.25, 0.3) is 0 Å². The molecule has 0 atom stereocenters. The Bertz CT molecular complexity index is 334. The molecule has 23 heavy (non-hydrogen) atoms. The molecule has 2 rings (SSSR count). The first-order valence-electron chi connectivity index (χ1n) is 9.10. The molecule has 0 amide bonds. The van der Waals surface area contributed by atoms with E-state index in [0.717, 1.165) is 32.0 Å². The molecule has 134 valence electrons. The fraction of sp³-hybridized carbons (Fsp3) is 0.944. The van der Waals surface area contributed by atoms with Crippen molar-refractivity contribution in [2.45, 2.75) is 64.6 Å². The molecule has 1 saturated carbocycles. The second kappa shape index (κ2) is 10.2. The number of alkyl halides is 1. The molecule has 1 heterocycles. The van der Waals surface area contributed by atoms with Crippen LogP contribution in [-0.4, -0.2) is 38.8 Å². The molecule has 0 N–H and O–H groups in total. The summed E-state index contributed by atoms with van der Waals surface area (Å²) >= 11 is 0. The predicted octanol–water partition coefficient (Wildman–Crippen LogP) is 3.87. The molecule has 0 aromatic carbocycles. The van der Waals surface area contributed by atoms with E-state index < -0.39 is 0 Å². The monoisotopic (exact) mass is 330 g/mol. The molecular formula is C18H31FO4. The Morgan fingerprint density at radius 3 is 2.09 bits per heavy atom. The fourth-order valence-electron chi connectivity index (χ4n) is 3.65. The summed E-state index contributed by atoms with van der Waals surface area (Å²) in [6.45, 7) is 3.07. The highest BCUT2D eigenvalue weighted by Gasteiger charge is 2.25. The van der Waals surface area contributed by atoms with Crippen molar-refractivity contribution in [3.63, 3.8) is 0 Å². The Hall–Kier alpha value is -0.680. The summed E-state index contributed by atoms with van der Waals surface area (Å²) in [7, 11) is 0. The standard InChI is InChI=1S/C18H31FO4/c1-14(20)21-11-9-18-22-12-17(13-23-18)7-6-15-2-4-16(5-3-15)8-10-19/h15-18H,2-13H2,1H3. The van der Waals surface area contributed by atoms with Crippen molar-refractivity contribution in [2.24, 2.45) is 17.8 Å². The second-order valence-electron chi connectivity index (χ2n) is 7.03. The van der Waals surface area contributed by atoms with Crippen molar-refractivity contribution < 1.29 is 23.4 Å². The third-order valence-electron chi connectivity index (χ3n) is 5.16. The summed E-state index contributed by atoms with van der Waals surface area (Å²) in [4.78, 5) is 10.7. The number of carbonyl (C=O) groups excluding carboxylic acids is 1. The average molecular weight is 330 g/mol. The van der Waals surface area contributed by atoms with Gasteiger partial charge in [0.05, 0.1) is 26.5 Å². The maximum absolute atomic E-state index is 12.4. The minimum absolute atomic E-state index is 0.162. The van der Waals surface area contributed by atoms with Gasteiger partial charge in [-0.25, -0.2) is 0 Å². The molecule has 0 aromatic rings. The summed E-state index contributed by atoms with van der Waals surface area (Å²) in [5.41, 5.74) is 0. The second-order valence-corrected chi connectivity index (χ2v) is 7.03. The lowest BCUT2D eigenvalue weighted by Gasteiger charge is -2.32. The van der Waals surface area contributed by atoms with Crippen molar-refractivity contribution in [2.75, 3.05) is 26.5 Å². The minimum atomic E-state index is -0.264. The Labute approximate surface area is 139 Å². The van der Waals surface area contributed by atoms with Gasteiger partial charge in [0, 0.05) is 19.3 Å². The van der Waals surface area contributed by atoms with Crippen molar-refractivity contribution >= 4 is 5.97 Å². The topological polar surface area (TPSA) is 44.8 Å². The quantitative estimate of drug-likeness (QED) is 0.634. The van der Waals surface area contributed by atoms with Crippen LogP contribution in [0.15, 0.2) is 0 Å².